The van der Waals surface area contributed by atoms with Gasteiger partial charge in [0.15, 0.2) is 0 Å². The highest BCUT2D eigenvalue weighted by molar-refractivity contribution is 7.14. The summed E-state index contributed by atoms with van der Waals surface area (Å²) in [5.41, 5.74) is 2.00. The van der Waals surface area contributed by atoms with E-state index in [1.165, 1.54) is 4.88 Å². The van der Waals surface area contributed by atoms with E-state index < -0.39 is 0 Å². The van der Waals surface area contributed by atoms with Gasteiger partial charge in [0.25, 0.3) is 0 Å². The number of fused-ring (bicyclic) bond motifs is 1. The first-order chi connectivity index (χ1) is 9.45. The van der Waals surface area contributed by atoms with Crippen molar-refractivity contribution >= 4 is 17.1 Å². The van der Waals surface area contributed by atoms with Gasteiger partial charge in [-0.3, -0.25) is 4.79 Å². The van der Waals surface area contributed by atoms with E-state index in [1.54, 1.807) is 11.3 Å². The fourth-order valence-corrected chi connectivity index (χ4v) is 3.36. The Labute approximate surface area is 123 Å². The molecule has 1 aromatic carbocycles. The second kappa shape index (κ2) is 4.74. The zero-order valence-electron chi connectivity index (χ0n) is 12.0. The molecule has 0 amide bonds. The van der Waals surface area contributed by atoms with Gasteiger partial charge in [-0.15, -0.1) is 11.3 Å². The molecule has 3 rings (SSSR count). The number of ether oxygens (including phenoxy) is 1. The van der Waals surface area contributed by atoms with Crippen LogP contribution in [0.4, 0.5) is 0 Å². The monoisotopic (exact) mass is 286 g/mol. The third-order valence-corrected chi connectivity index (χ3v) is 5.03. The van der Waals surface area contributed by atoms with Crippen LogP contribution >= 0.6 is 11.3 Å². The van der Waals surface area contributed by atoms with Gasteiger partial charge >= 0.3 is 0 Å². The fraction of sp³-hybridized carbons (Fsp3) is 0.353. The van der Waals surface area contributed by atoms with Crippen molar-refractivity contribution in [3.63, 3.8) is 0 Å². The zero-order chi connectivity index (χ0) is 14.3. The minimum Gasteiger partial charge on any atom is -0.493 e. The van der Waals surface area contributed by atoms with Gasteiger partial charge < -0.3 is 4.74 Å². The summed E-state index contributed by atoms with van der Waals surface area (Å²) in [4.78, 5) is 14.6. The van der Waals surface area contributed by atoms with Crippen LogP contribution in [0.5, 0.6) is 5.75 Å². The molecule has 104 valence electrons. The molecule has 0 fully saturated rings. The number of hydrogen-bond acceptors (Lipinski definition) is 3. The van der Waals surface area contributed by atoms with Gasteiger partial charge in [-0.1, -0.05) is 20.8 Å². The molecule has 0 saturated heterocycles. The van der Waals surface area contributed by atoms with Gasteiger partial charge in [0, 0.05) is 16.9 Å². The van der Waals surface area contributed by atoms with E-state index in [9.17, 15) is 4.79 Å². The van der Waals surface area contributed by atoms with E-state index in [0.717, 1.165) is 34.8 Å². The van der Waals surface area contributed by atoms with Crippen LogP contribution < -0.4 is 4.74 Å². The summed E-state index contributed by atoms with van der Waals surface area (Å²) in [5, 5.41) is 0. The predicted octanol–water partition coefficient (Wildman–Crippen LogP) is 4.21. The van der Waals surface area contributed by atoms with Crippen LogP contribution in [-0.2, 0) is 11.8 Å². The maximum atomic E-state index is 12.6. The molecule has 0 aliphatic carbocycles. The highest BCUT2D eigenvalue weighted by Gasteiger charge is 2.20. The van der Waals surface area contributed by atoms with Gasteiger partial charge in [-0.2, -0.15) is 0 Å². The molecule has 0 unspecified atom stereocenters. The minimum absolute atomic E-state index is 0.0922. The van der Waals surface area contributed by atoms with Crippen LogP contribution in [0.15, 0.2) is 30.3 Å². The lowest BCUT2D eigenvalue weighted by Crippen LogP contribution is -2.08. The summed E-state index contributed by atoms with van der Waals surface area (Å²) >= 11 is 1.60. The molecule has 0 radical (unpaired) electrons. The van der Waals surface area contributed by atoms with E-state index in [2.05, 4.69) is 26.8 Å². The Kier molecular flexibility index (Phi) is 3.17. The lowest BCUT2D eigenvalue weighted by molar-refractivity contribution is 0.104. The summed E-state index contributed by atoms with van der Waals surface area (Å²) in [6, 6.07) is 9.75. The molecular formula is C17H18O2S. The standard InChI is InChI=1S/C17H18O2S/c1-17(2,3)15-7-6-14(20-15)16(18)12-4-5-13-11(10-12)8-9-19-13/h4-7,10H,8-9H2,1-3H3. The van der Waals surface area contributed by atoms with Crippen LogP contribution in [0.25, 0.3) is 0 Å². The molecular weight excluding hydrogens is 268 g/mol. The third-order valence-electron chi connectivity index (χ3n) is 3.52. The van der Waals surface area contributed by atoms with E-state index in [1.807, 2.05) is 24.3 Å². The second-order valence-corrected chi connectivity index (χ2v) is 7.25. The first-order valence-corrected chi connectivity index (χ1v) is 7.67. The summed E-state index contributed by atoms with van der Waals surface area (Å²) in [5.74, 6) is 1.03. The molecule has 1 aliphatic rings. The number of hydrogen-bond donors (Lipinski definition) is 0. The normalized spacial score (nSPS) is 13.9. The molecule has 0 N–H and O–H groups in total. The third kappa shape index (κ3) is 2.38. The van der Waals surface area contributed by atoms with Crippen molar-refractivity contribution in [2.45, 2.75) is 32.6 Å². The molecule has 1 aliphatic heterocycles. The van der Waals surface area contributed by atoms with Crippen molar-refractivity contribution in [1.82, 2.24) is 0 Å². The molecule has 0 spiro atoms. The Bertz CT molecular complexity index is 662. The average molecular weight is 286 g/mol. The van der Waals surface area contributed by atoms with Gasteiger partial charge in [0.2, 0.25) is 5.78 Å². The Morgan fingerprint density at radius 3 is 2.70 bits per heavy atom. The van der Waals surface area contributed by atoms with Crippen LogP contribution in [0.3, 0.4) is 0 Å². The summed E-state index contributed by atoms with van der Waals surface area (Å²) in [7, 11) is 0. The number of carbonyl (C=O) groups is 1. The van der Waals surface area contributed by atoms with E-state index in [4.69, 9.17) is 4.74 Å². The van der Waals surface area contributed by atoms with Crippen molar-refractivity contribution in [3.8, 4) is 5.75 Å². The topological polar surface area (TPSA) is 26.3 Å². The van der Waals surface area contributed by atoms with E-state index in [0.29, 0.717) is 0 Å². The number of benzene rings is 1. The Hall–Kier alpha value is -1.61. The van der Waals surface area contributed by atoms with Crippen molar-refractivity contribution in [2.75, 3.05) is 6.61 Å². The van der Waals surface area contributed by atoms with Crippen LogP contribution in [-0.4, -0.2) is 12.4 Å². The molecule has 2 heterocycles. The van der Waals surface area contributed by atoms with Crippen LogP contribution in [0.2, 0.25) is 0 Å². The second-order valence-electron chi connectivity index (χ2n) is 6.16. The lowest BCUT2D eigenvalue weighted by atomic mass is 9.95. The molecule has 2 aromatic rings. The molecule has 3 heteroatoms. The van der Waals surface area contributed by atoms with Gasteiger partial charge in [-0.25, -0.2) is 0 Å². The minimum atomic E-state index is 0.0922. The number of ketones is 1. The largest absolute Gasteiger partial charge is 0.493 e. The fourth-order valence-electron chi connectivity index (χ4n) is 2.33. The predicted molar refractivity (Wildman–Crippen MR) is 82.1 cm³/mol. The maximum absolute atomic E-state index is 12.6. The van der Waals surface area contributed by atoms with Crippen LogP contribution in [0, 0.1) is 0 Å². The SMILES string of the molecule is CC(C)(C)c1ccc(C(=O)c2ccc3c(c2)CCO3)s1. The number of carbonyl (C=O) groups excluding carboxylic acids is 1. The maximum Gasteiger partial charge on any atom is 0.202 e. The molecule has 0 atom stereocenters. The first kappa shape index (κ1) is 13.4. The quantitative estimate of drug-likeness (QED) is 0.773. The van der Waals surface area contributed by atoms with Crippen molar-refractivity contribution in [1.29, 1.82) is 0 Å². The van der Waals surface area contributed by atoms with Gasteiger partial charge in [0.05, 0.1) is 11.5 Å². The van der Waals surface area contributed by atoms with Crippen molar-refractivity contribution in [2.24, 2.45) is 0 Å². The van der Waals surface area contributed by atoms with Gasteiger partial charge in [0.1, 0.15) is 5.75 Å². The summed E-state index contributed by atoms with van der Waals surface area (Å²) in [6.07, 6.45) is 0.897. The lowest BCUT2D eigenvalue weighted by Gasteiger charge is -2.15. The van der Waals surface area contributed by atoms with Crippen molar-refractivity contribution in [3.05, 3.63) is 51.2 Å². The number of thiophene rings is 1. The smallest absolute Gasteiger partial charge is 0.202 e. The average Bonchev–Trinajstić information content (AvgIpc) is 3.05. The van der Waals surface area contributed by atoms with Crippen molar-refractivity contribution < 1.29 is 9.53 Å². The van der Waals surface area contributed by atoms with E-state index in [-0.39, 0.29) is 11.2 Å². The Morgan fingerprint density at radius 2 is 2.00 bits per heavy atom. The molecule has 1 aromatic heterocycles. The number of rotatable bonds is 2. The molecule has 20 heavy (non-hydrogen) atoms. The molecule has 2 nitrogen and oxygen atoms in total. The Morgan fingerprint density at radius 1 is 1.20 bits per heavy atom. The summed E-state index contributed by atoms with van der Waals surface area (Å²) < 4.78 is 5.48. The summed E-state index contributed by atoms with van der Waals surface area (Å²) in [6.45, 7) is 7.22. The van der Waals surface area contributed by atoms with Gasteiger partial charge in [-0.05, 0) is 41.3 Å². The highest BCUT2D eigenvalue weighted by atomic mass is 32.1. The molecule has 0 saturated carbocycles. The van der Waals surface area contributed by atoms with E-state index >= 15 is 0 Å². The Balaban J connectivity index is 1.91. The zero-order valence-corrected chi connectivity index (χ0v) is 12.8. The van der Waals surface area contributed by atoms with Crippen LogP contribution in [0.1, 0.15) is 46.4 Å². The molecule has 0 bridgehead atoms. The first-order valence-electron chi connectivity index (χ1n) is 6.86. The highest BCUT2D eigenvalue weighted by Crippen LogP contribution is 2.32.